The zero-order valence-electron chi connectivity index (χ0n) is 22.9. The van der Waals surface area contributed by atoms with Gasteiger partial charge in [-0.05, 0) is 65.7 Å². The molecule has 37 heavy (non-hydrogen) atoms. The number of rotatable bonds is 6. The number of aromatic nitrogens is 1. The summed E-state index contributed by atoms with van der Waals surface area (Å²) in [6, 6.07) is 6.67. The Kier molecular flexibility index (Phi) is 7.05. The Morgan fingerprint density at radius 1 is 1.05 bits per heavy atom. The highest BCUT2D eigenvalue weighted by Gasteiger charge is 2.40. The minimum Gasteiger partial charge on any atom is -0.437 e. The number of sulfone groups is 1. The first-order valence-electron chi connectivity index (χ1n) is 14.1. The third kappa shape index (κ3) is 6.13. The third-order valence-corrected chi connectivity index (χ3v) is 10.5. The van der Waals surface area contributed by atoms with Gasteiger partial charge in [-0.2, -0.15) is 0 Å². The van der Waals surface area contributed by atoms with Gasteiger partial charge in [-0.1, -0.05) is 65.9 Å². The van der Waals surface area contributed by atoms with E-state index >= 15 is 0 Å². The first-order chi connectivity index (χ1) is 17.4. The molecule has 2 heterocycles. The van der Waals surface area contributed by atoms with Gasteiger partial charge in [0, 0.05) is 18.0 Å². The fourth-order valence-corrected chi connectivity index (χ4v) is 7.26. The van der Waals surface area contributed by atoms with E-state index in [1.54, 1.807) is 0 Å². The maximum absolute atomic E-state index is 13.2. The number of nitrogens with one attached hydrogen (secondary N) is 1. The lowest BCUT2D eigenvalue weighted by Gasteiger charge is -2.23. The van der Waals surface area contributed by atoms with E-state index in [0.717, 1.165) is 23.4 Å². The van der Waals surface area contributed by atoms with E-state index in [0.29, 0.717) is 18.8 Å². The average molecular weight is 527 g/mol. The molecular weight excluding hydrogens is 484 g/mol. The van der Waals surface area contributed by atoms with Crippen LogP contribution in [0.4, 0.5) is 0 Å². The van der Waals surface area contributed by atoms with Crippen LogP contribution in [0.3, 0.4) is 0 Å². The van der Waals surface area contributed by atoms with Gasteiger partial charge in [0.2, 0.25) is 0 Å². The van der Waals surface area contributed by atoms with Crippen LogP contribution >= 0.6 is 0 Å². The maximum atomic E-state index is 13.2. The number of carbonyl (C=O) groups is 1. The summed E-state index contributed by atoms with van der Waals surface area (Å²) in [5.41, 5.74) is 4.65. The number of nitrogens with zero attached hydrogens (tertiary/aromatic N) is 1. The van der Waals surface area contributed by atoms with Crippen LogP contribution in [-0.2, 0) is 27.1 Å². The second-order valence-corrected chi connectivity index (χ2v) is 15.3. The molecule has 202 valence electrons. The van der Waals surface area contributed by atoms with Gasteiger partial charge in [-0.3, -0.25) is 4.79 Å². The summed E-state index contributed by atoms with van der Waals surface area (Å²) >= 11 is 0. The van der Waals surface area contributed by atoms with Crippen LogP contribution in [0.25, 0.3) is 11.3 Å². The van der Waals surface area contributed by atoms with Crippen molar-refractivity contribution in [2.45, 2.75) is 109 Å². The summed E-state index contributed by atoms with van der Waals surface area (Å²) < 4.78 is 29.8. The molecule has 1 aliphatic heterocycles. The van der Waals surface area contributed by atoms with E-state index in [1.165, 1.54) is 56.1 Å². The predicted molar refractivity (Wildman–Crippen MR) is 147 cm³/mol. The van der Waals surface area contributed by atoms with Gasteiger partial charge in [0.15, 0.2) is 0 Å². The molecule has 1 aromatic heterocycles. The van der Waals surface area contributed by atoms with Gasteiger partial charge in [0.1, 0.15) is 21.3 Å². The van der Waals surface area contributed by atoms with Gasteiger partial charge in [0.25, 0.3) is 5.89 Å². The smallest absolute Gasteiger partial charge is 0.307 e. The van der Waals surface area contributed by atoms with Crippen molar-refractivity contribution >= 4 is 15.7 Å². The van der Waals surface area contributed by atoms with Crippen molar-refractivity contribution in [2.24, 2.45) is 5.92 Å². The third-order valence-electron chi connectivity index (χ3n) is 8.75. The molecule has 2 aliphatic carbocycles. The molecule has 5 rings (SSSR count). The normalized spacial score (nSPS) is 22.1. The van der Waals surface area contributed by atoms with Crippen LogP contribution in [0.5, 0.6) is 0 Å². The van der Waals surface area contributed by atoms with Gasteiger partial charge >= 0.3 is 5.91 Å². The Balaban J connectivity index is 1.49. The molecule has 0 atom stereocenters. The molecule has 1 N–H and O–H groups in total. The monoisotopic (exact) mass is 526 g/mol. The van der Waals surface area contributed by atoms with Gasteiger partial charge < -0.3 is 9.73 Å². The van der Waals surface area contributed by atoms with Crippen molar-refractivity contribution in [3.05, 3.63) is 41.0 Å². The fourth-order valence-electron chi connectivity index (χ4n) is 5.77. The van der Waals surface area contributed by atoms with Crippen LogP contribution in [0.2, 0.25) is 0 Å². The van der Waals surface area contributed by atoms with E-state index in [4.69, 9.17) is 9.40 Å². The second kappa shape index (κ2) is 9.87. The van der Waals surface area contributed by atoms with Crippen molar-refractivity contribution in [3.8, 4) is 11.3 Å². The summed E-state index contributed by atoms with van der Waals surface area (Å²) in [6.45, 7) is 9.04. The molecule has 6 nitrogen and oxygen atoms in total. The molecule has 0 unspecified atom stereocenters. The lowest BCUT2D eigenvalue weighted by atomic mass is 9.81. The van der Waals surface area contributed by atoms with E-state index in [1.807, 2.05) is 0 Å². The number of amides is 1. The molecule has 2 saturated carbocycles. The highest BCUT2D eigenvalue weighted by atomic mass is 32.2. The lowest BCUT2D eigenvalue weighted by molar-refractivity contribution is 0.0896. The predicted octanol–water partition coefficient (Wildman–Crippen LogP) is 6.12. The second-order valence-electron chi connectivity index (χ2n) is 13.0. The zero-order chi connectivity index (χ0) is 26.4. The molecule has 2 aromatic rings. The number of hydrogen-bond acceptors (Lipinski definition) is 5. The highest BCUT2D eigenvalue weighted by molar-refractivity contribution is 7.91. The fraction of sp³-hybridized carbons (Fsp3) is 0.667. The molecule has 7 heteroatoms. The lowest BCUT2D eigenvalue weighted by Crippen LogP contribution is -2.40. The van der Waals surface area contributed by atoms with E-state index in [9.17, 15) is 13.2 Å². The van der Waals surface area contributed by atoms with Crippen molar-refractivity contribution in [1.82, 2.24) is 10.3 Å². The van der Waals surface area contributed by atoms with Crippen LogP contribution in [-0.4, -0.2) is 36.9 Å². The number of benzene rings is 1. The topological polar surface area (TPSA) is 89.3 Å². The molecule has 0 spiro atoms. The zero-order valence-corrected chi connectivity index (χ0v) is 23.7. The van der Waals surface area contributed by atoms with Crippen molar-refractivity contribution in [3.63, 3.8) is 0 Å². The number of oxazole rings is 1. The van der Waals surface area contributed by atoms with Crippen molar-refractivity contribution < 1.29 is 17.6 Å². The van der Waals surface area contributed by atoms with Gasteiger partial charge in [-0.15, -0.1) is 0 Å². The summed E-state index contributed by atoms with van der Waals surface area (Å²) in [5, 5.41) is 2.99. The quantitative estimate of drug-likeness (QED) is 0.490. The van der Waals surface area contributed by atoms with Crippen LogP contribution in [0.1, 0.15) is 113 Å². The SMILES string of the molecule is CC(C)(C)c1cc(-c2nc(C(=O)NC3CCS(=O)(=O)CC3)oc2CC2CCCCC2)cc(C2(C)CC2)c1. The molecular formula is C30H42N2O4S. The molecule has 0 radical (unpaired) electrons. The maximum Gasteiger partial charge on any atom is 0.307 e. The standard InChI is InChI=1S/C30H42N2O4S/c1-29(2,3)22-17-21(18-23(19-22)30(4)12-13-30)26-25(16-20-8-6-5-7-9-20)36-28(32-26)27(33)31-24-10-14-37(34,35)15-11-24/h17-20,24H,5-16H2,1-4H3,(H,31,33). The average Bonchev–Trinajstić information content (AvgIpc) is 3.47. The minimum atomic E-state index is -2.99. The Hall–Kier alpha value is -2.15. The summed E-state index contributed by atoms with van der Waals surface area (Å²) in [6.07, 6.45) is 10.2. The molecule has 3 aliphatic rings. The van der Waals surface area contributed by atoms with Crippen LogP contribution in [0.15, 0.2) is 22.6 Å². The van der Waals surface area contributed by atoms with Crippen LogP contribution in [0, 0.1) is 5.92 Å². The summed E-state index contributed by atoms with van der Waals surface area (Å²) in [7, 11) is -2.99. The van der Waals surface area contributed by atoms with Crippen molar-refractivity contribution in [2.75, 3.05) is 11.5 Å². The first-order valence-corrected chi connectivity index (χ1v) is 15.9. The summed E-state index contributed by atoms with van der Waals surface area (Å²) in [4.78, 5) is 18.0. The molecule has 1 saturated heterocycles. The first kappa shape index (κ1) is 26.5. The van der Waals surface area contributed by atoms with Crippen molar-refractivity contribution in [1.29, 1.82) is 0 Å². The number of hydrogen-bond donors (Lipinski definition) is 1. The Bertz CT molecular complexity index is 1220. The minimum absolute atomic E-state index is 0.00912. The van der Waals surface area contributed by atoms with Gasteiger partial charge in [-0.25, -0.2) is 13.4 Å². The molecule has 1 aromatic carbocycles. The number of carbonyl (C=O) groups excluding carboxylic acids is 1. The van der Waals surface area contributed by atoms with E-state index < -0.39 is 9.84 Å². The van der Waals surface area contributed by atoms with Crippen LogP contribution < -0.4 is 5.32 Å². The Labute approximate surface area is 221 Å². The van der Waals surface area contributed by atoms with E-state index in [-0.39, 0.29) is 40.2 Å². The van der Waals surface area contributed by atoms with E-state index in [2.05, 4.69) is 51.2 Å². The largest absolute Gasteiger partial charge is 0.437 e. The van der Waals surface area contributed by atoms with Gasteiger partial charge in [0.05, 0.1) is 11.5 Å². The summed E-state index contributed by atoms with van der Waals surface area (Å²) in [5.74, 6) is 1.33. The highest BCUT2D eigenvalue weighted by Crippen LogP contribution is 2.49. The Morgan fingerprint density at radius 3 is 2.35 bits per heavy atom. The molecule has 0 bridgehead atoms. The molecule has 3 fully saturated rings. The molecule has 1 amide bonds. The Morgan fingerprint density at radius 2 is 1.73 bits per heavy atom.